The minimum absolute atomic E-state index is 0. The summed E-state index contributed by atoms with van der Waals surface area (Å²) in [6, 6.07) is 0. The fraction of sp³-hybridized carbons (Fsp3) is 1.00. The molecule has 3 N–H and O–H groups in total. The maximum Gasteiger partial charge on any atom is -0.870 e. The summed E-state index contributed by atoms with van der Waals surface area (Å²) in [6.07, 6.45) is 8.67. The summed E-state index contributed by atoms with van der Waals surface area (Å²) in [6.45, 7) is 4.62. The molecule has 0 saturated heterocycles. The fourth-order valence-electron chi connectivity index (χ4n) is 1.21. The van der Waals surface area contributed by atoms with Gasteiger partial charge in [-0.3, -0.25) is 0 Å². The van der Waals surface area contributed by atoms with E-state index in [0.717, 1.165) is 5.92 Å². The summed E-state index contributed by atoms with van der Waals surface area (Å²) in [7, 11) is 0. The molecule has 3 nitrogen and oxygen atoms in total. The molecule has 0 aliphatic heterocycles. The molecular weight excluding hydrogens is 216 g/mol. The van der Waals surface area contributed by atoms with Crippen molar-refractivity contribution in [2.75, 3.05) is 0 Å². The Bertz CT molecular complexity index is 79.8. The molecule has 0 bridgehead atoms. The molecule has 0 heterocycles. The van der Waals surface area contributed by atoms with Gasteiger partial charge in [-0.05, 0) is 0 Å². The van der Waals surface area contributed by atoms with E-state index in [4.69, 9.17) is 0 Å². The first-order valence-electron chi connectivity index (χ1n) is 4.92. The Morgan fingerprint density at radius 2 is 1.21 bits per heavy atom. The molecular formula is C10H24O3Ti. The van der Waals surface area contributed by atoms with E-state index in [0.29, 0.717) is 0 Å². The van der Waals surface area contributed by atoms with Gasteiger partial charge in [0.05, 0.1) is 0 Å². The minimum Gasteiger partial charge on any atom is -0.870 e. The van der Waals surface area contributed by atoms with Gasteiger partial charge in [0.2, 0.25) is 0 Å². The maximum atomic E-state index is 2.31. The SMILES string of the molecule is CC(C)CCCCCC[CH2][Ti+3].[OH-].[OH-].[OH-]. The summed E-state index contributed by atoms with van der Waals surface area (Å²) < 4.78 is 1.37. The molecule has 0 spiro atoms. The van der Waals surface area contributed by atoms with Crippen LogP contribution in [0.2, 0.25) is 4.73 Å². The van der Waals surface area contributed by atoms with Crippen LogP contribution in [0.3, 0.4) is 0 Å². The average Bonchev–Trinajstić information content (AvgIpc) is 1.96. The van der Waals surface area contributed by atoms with Crippen LogP contribution in [0.4, 0.5) is 0 Å². The minimum atomic E-state index is 0. The van der Waals surface area contributed by atoms with Crippen LogP contribution in [0.1, 0.15) is 52.4 Å². The zero-order valence-electron chi connectivity index (χ0n) is 9.37. The fourth-order valence-corrected chi connectivity index (χ4v) is 1.60. The van der Waals surface area contributed by atoms with Gasteiger partial charge in [0, 0.05) is 0 Å². The van der Waals surface area contributed by atoms with E-state index in [1.807, 2.05) is 0 Å². The zero-order valence-corrected chi connectivity index (χ0v) is 10.9. The quantitative estimate of drug-likeness (QED) is 0.504. The Hall–Kier alpha value is 0.594. The summed E-state index contributed by atoms with van der Waals surface area (Å²) in [5.74, 6) is 0.904. The Kier molecular flexibility index (Phi) is 33.0. The molecule has 86 valence electrons. The monoisotopic (exact) mass is 240 g/mol. The van der Waals surface area contributed by atoms with Crippen LogP contribution in [0.25, 0.3) is 0 Å². The molecule has 0 radical (unpaired) electrons. The third-order valence-corrected chi connectivity index (χ3v) is 2.51. The van der Waals surface area contributed by atoms with Gasteiger partial charge in [0.15, 0.2) is 0 Å². The Morgan fingerprint density at radius 3 is 1.64 bits per heavy atom. The van der Waals surface area contributed by atoms with Crippen molar-refractivity contribution < 1.29 is 36.9 Å². The van der Waals surface area contributed by atoms with Crippen molar-refractivity contribution >= 4 is 0 Å². The third-order valence-electron chi connectivity index (χ3n) is 1.96. The van der Waals surface area contributed by atoms with Gasteiger partial charge in [0.1, 0.15) is 0 Å². The first-order valence-corrected chi connectivity index (χ1v) is 6.02. The van der Waals surface area contributed by atoms with E-state index >= 15 is 0 Å². The standard InChI is InChI=1S/C10H21.3H2O.Ti/c1-4-5-6-7-8-9-10(2)3;;;;/h10H,1,4-9H2,2-3H3;3*1H2;/q;;;;+3/p-3. The van der Waals surface area contributed by atoms with Crippen molar-refractivity contribution in [1.29, 1.82) is 0 Å². The van der Waals surface area contributed by atoms with Crippen LogP contribution < -0.4 is 0 Å². The molecule has 0 fully saturated rings. The summed E-state index contributed by atoms with van der Waals surface area (Å²) >= 11 is 2.27. The molecule has 0 aliphatic carbocycles. The van der Waals surface area contributed by atoms with Crippen molar-refractivity contribution in [3.8, 4) is 0 Å². The van der Waals surface area contributed by atoms with E-state index in [1.165, 1.54) is 43.3 Å². The van der Waals surface area contributed by atoms with Crippen molar-refractivity contribution in [3.05, 3.63) is 0 Å². The average molecular weight is 240 g/mol. The first-order chi connectivity index (χ1) is 5.27. The van der Waals surface area contributed by atoms with Gasteiger partial charge >= 0.3 is 83.5 Å². The molecule has 0 aromatic rings. The van der Waals surface area contributed by atoms with Crippen molar-refractivity contribution in [2.45, 2.75) is 57.1 Å². The van der Waals surface area contributed by atoms with Gasteiger partial charge in [-0.15, -0.1) is 0 Å². The van der Waals surface area contributed by atoms with Crippen molar-refractivity contribution in [2.24, 2.45) is 5.92 Å². The van der Waals surface area contributed by atoms with Gasteiger partial charge in [0.25, 0.3) is 0 Å². The van der Waals surface area contributed by atoms with Crippen molar-refractivity contribution in [1.82, 2.24) is 0 Å². The van der Waals surface area contributed by atoms with E-state index in [1.54, 1.807) is 0 Å². The van der Waals surface area contributed by atoms with E-state index in [2.05, 4.69) is 34.3 Å². The molecule has 0 amide bonds. The summed E-state index contributed by atoms with van der Waals surface area (Å²) in [4.78, 5) is 0. The topological polar surface area (TPSA) is 90.0 Å². The molecule has 14 heavy (non-hydrogen) atoms. The Morgan fingerprint density at radius 1 is 0.786 bits per heavy atom. The maximum absolute atomic E-state index is 2.31. The van der Waals surface area contributed by atoms with Crippen LogP contribution in [0.5, 0.6) is 0 Å². The second kappa shape index (κ2) is 19.2. The van der Waals surface area contributed by atoms with Crippen LogP contribution in [-0.2, 0) is 20.4 Å². The molecule has 0 atom stereocenters. The van der Waals surface area contributed by atoms with Gasteiger partial charge < -0.3 is 16.4 Å². The molecule has 4 heteroatoms. The zero-order chi connectivity index (χ0) is 8.53. The molecule has 0 rings (SSSR count). The molecule has 0 aromatic heterocycles. The largest absolute Gasteiger partial charge is 0.870 e. The van der Waals surface area contributed by atoms with E-state index in [9.17, 15) is 0 Å². The first kappa shape index (κ1) is 24.0. The van der Waals surface area contributed by atoms with Crippen molar-refractivity contribution in [3.63, 3.8) is 0 Å². The Balaban J connectivity index is -0.000000167. The van der Waals surface area contributed by atoms with Gasteiger partial charge in [-0.2, -0.15) is 0 Å². The Labute approximate surface area is 100.0 Å². The summed E-state index contributed by atoms with van der Waals surface area (Å²) in [5.41, 5.74) is 0. The van der Waals surface area contributed by atoms with Crippen LogP contribution in [-0.4, -0.2) is 16.4 Å². The van der Waals surface area contributed by atoms with Crippen LogP contribution in [0.15, 0.2) is 0 Å². The predicted molar refractivity (Wildman–Crippen MR) is 53.2 cm³/mol. The van der Waals surface area contributed by atoms with Crippen LogP contribution >= 0.6 is 0 Å². The van der Waals surface area contributed by atoms with E-state index in [-0.39, 0.29) is 16.4 Å². The normalized spacial score (nSPS) is 8.64. The second-order valence-electron chi connectivity index (χ2n) is 3.70. The number of unbranched alkanes of at least 4 members (excludes halogenated alkanes) is 4. The van der Waals surface area contributed by atoms with E-state index < -0.39 is 0 Å². The molecule has 0 unspecified atom stereocenters. The smallest absolute Gasteiger partial charge is 0.870 e. The molecule has 0 saturated carbocycles. The second-order valence-corrected chi connectivity index (χ2v) is 4.48. The predicted octanol–water partition coefficient (Wildman–Crippen LogP) is 3.42. The van der Waals surface area contributed by atoms with Crippen LogP contribution in [0, 0.1) is 5.92 Å². The molecule has 0 aromatic carbocycles. The third kappa shape index (κ3) is 22.9. The summed E-state index contributed by atoms with van der Waals surface area (Å²) in [5, 5.41) is 0. The van der Waals surface area contributed by atoms with Gasteiger partial charge in [-0.25, -0.2) is 0 Å². The number of hydrogen-bond donors (Lipinski definition) is 0. The molecule has 0 aliphatic rings. The van der Waals surface area contributed by atoms with Gasteiger partial charge in [-0.1, -0.05) is 0 Å². The number of rotatable bonds is 7. The number of hydrogen-bond acceptors (Lipinski definition) is 3.